The summed E-state index contributed by atoms with van der Waals surface area (Å²) >= 11 is 0. The summed E-state index contributed by atoms with van der Waals surface area (Å²) in [5, 5.41) is 36.2. The molecule has 5 rings (SSSR count). The highest BCUT2D eigenvalue weighted by Gasteiger charge is 2.70. The summed E-state index contributed by atoms with van der Waals surface area (Å²) in [6.45, 7) is 4.95. The first kappa shape index (κ1) is 38.1. The van der Waals surface area contributed by atoms with Gasteiger partial charge in [0.05, 0.1) is 11.7 Å². The molecule has 1 heterocycles. The largest absolute Gasteiger partial charge is 0.480 e. The normalized spacial score (nSPS) is 36.6. The minimum atomic E-state index is -1.10. The van der Waals surface area contributed by atoms with E-state index >= 15 is 0 Å². The Labute approximate surface area is 295 Å². The molecule has 5 aliphatic rings. The molecular weight excluding hydrogens is 644 g/mol. The van der Waals surface area contributed by atoms with Gasteiger partial charge in [0.15, 0.2) is 5.96 Å². The van der Waals surface area contributed by atoms with Crippen LogP contribution in [0.4, 0.5) is 0 Å². The minimum Gasteiger partial charge on any atom is -0.480 e. The Morgan fingerprint density at radius 3 is 2.48 bits per heavy atom. The third-order valence-electron chi connectivity index (χ3n) is 13.3. The molecular formula is C37H58N4O9. The highest BCUT2D eigenvalue weighted by atomic mass is 16.5. The van der Waals surface area contributed by atoms with Crippen molar-refractivity contribution in [1.29, 1.82) is 0 Å². The van der Waals surface area contributed by atoms with Gasteiger partial charge in [-0.25, -0.2) is 9.59 Å². The second-order valence-electron chi connectivity index (χ2n) is 16.2. The van der Waals surface area contributed by atoms with Crippen LogP contribution >= 0.6 is 0 Å². The molecule has 0 saturated heterocycles. The van der Waals surface area contributed by atoms with E-state index in [0.29, 0.717) is 51.0 Å². The van der Waals surface area contributed by atoms with Gasteiger partial charge in [-0.3, -0.25) is 14.6 Å². The lowest BCUT2D eigenvalue weighted by atomic mass is 9.42. The maximum absolute atomic E-state index is 12.8. The Balaban J connectivity index is 1.03. The van der Waals surface area contributed by atoms with Gasteiger partial charge >= 0.3 is 17.9 Å². The molecule has 0 bridgehead atoms. The summed E-state index contributed by atoms with van der Waals surface area (Å²) in [6.07, 6.45) is 10.9. The molecule has 0 aromatic rings. The summed E-state index contributed by atoms with van der Waals surface area (Å²) < 4.78 is 11.2. The molecule has 8 N–H and O–H groups in total. The van der Waals surface area contributed by atoms with E-state index in [1.807, 2.05) is 0 Å². The van der Waals surface area contributed by atoms with Crippen LogP contribution in [0.15, 0.2) is 16.6 Å². The number of fused-ring (bicyclic) bond motifs is 5. The number of amides is 1. The van der Waals surface area contributed by atoms with E-state index in [1.165, 1.54) is 0 Å². The van der Waals surface area contributed by atoms with Crippen LogP contribution in [0.5, 0.6) is 0 Å². The van der Waals surface area contributed by atoms with Gasteiger partial charge in [-0.1, -0.05) is 26.7 Å². The second kappa shape index (κ2) is 15.6. The number of carbonyl (C=O) groups excluding carboxylic acids is 3. The number of guanidine groups is 1. The summed E-state index contributed by atoms with van der Waals surface area (Å²) in [5.74, 6) is -1.74. The maximum Gasteiger partial charge on any atom is 0.331 e. The van der Waals surface area contributed by atoms with Crippen LogP contribution in [0.2, 0.25) is 0 Å². The second-order valence-corrected chi connectivity index (χ2v) is 16.2. The summed E-state index contributed by atoms with van der Waals surface area (Å²) in [4.78, 5) is 52.2. The van der Waals surface area contributed by atoms with Crippen molar-refractivity contribution >= 4 is 29.8 Å². The Bertz CT molecular complexity index is 1350. The molecule has 4 saturated carbocycles. The highest BCUT2D eigenvalue weighted by molar-refractivity contribution is 5.85. The summed E-state index contributed by atoms with van der Waals surface area (Å²) in [7, 11) is 0. The van der Waals surface area contributed by atoms with Gasteiger partial charge in [-0.2, -0.15) is 0 Å². The number of esters is 2. The number of nitrogens with zero attached hydrogens (tertiary/aromatic N) is 1. The monoisotopic (exact) mass is 702 g/mol. The smallest absolute Gasteiger partial charge is 0.331 e. The molecule has 10 atom stereocenters. The zero-order valence-electron chi connectivity index (χ0n) is 29.7. The van der Waals surface area contributed by atoms with Crippen molar-refractivity contribution in [1.82, 2.24) is 5.32 Å². The van der Waals surface area contributed by atoms with E-state index in [1.54, 1.807) is 6.08 Å². The lowest BCUT2D eigenvalue weighted by Crippen LogP contribution is -2.66. The number of hydrogen-bond donors (Lipinski definition) is 6. The number of aliphatic carboxylic acids is 1. The molecule has 0 unspecified atom stereocenters. The number of nitrogens with two attached hydrogens (primary N) is 2. The van der Waals surface area contributed by atoms with Crippen LogP contribution in [-0.2, 0) is 28.7 Å². The lowest BCUT2D eigenvalue weighted by Gasteiger charge is -2.65. The predicted molar refractivity (Wildman–Crippen MR) is 184 cm³/mol. The fraction of sp³-hybridized carbons (Fsp3) is 0.811. The van der Waals surface area contributed by atoms with E-state index in [9.17, 15) is 34.5 Å². The number of nitrogens with one attached hydrogen (secondary N) is 1. The number of carboxylic acids is 1. The zero-order chi connectivity index (χ0) is 36.3. The van der Waals surface area contributed by atoms with Crippen molar-refractivity contribution in [2.45, 2.75) is 140 Å². The van der Waals surface area contributed by atoms with Crippen LogP contribution in [-0.4, -0.2) is 82.1 Å². The Kier molecular flexibility index (Phi) is 11.9. The van der Waals surface area contributed by atoms with Gasteiger partial charge in [-0.05, 0) is 112 Å². The number of hydrogen-bond acceptors (Lipinski definition) is 9. The topological polar surface area (TPSA) is 224 Å². The summed E-state index contributed by atoms with van der Waals surface area (Å²) in [5.41, 5.74) is 9.92. The van der Waals surface area contributed by atoms with E-state index in [4.69, 9.17) is 20.9 Å². The van der Waals surface area contributed by atoms with Crippen molar-refractivity contribution in [3.63, 3.8) is 0 Å². The third-order valence-corrected chi connectivity index (χ3v) is 13.3. The molecule has 13 heteroatoms. The average Bonchev–Trinajstić information content (AvgIpc) is 3.59. The van der Waals surface area contributed by atoms with Gasteiger partial charge in [-0.15, -0.1) is 0 Å². The fourth-order valence-electron chi connectivity index (χ4n) is 10.8. The highest BCUT2D eigenvalue weighted by Crippen LogP contribution is 2.70. The van der Waals surface area contributed by atoms with E-state index in [0.717, 1.165) is 56.9 Å². The average molecular weight is 703 g/mol. The van der Waals surface area contributed by atoms with Crippen molar-refractivity contribution < 1.29 is 44.0 Å². The SMILES string of the molecule is C[C@]12CC[C@H](OC(=O)CCCCCCC(=O)N[C@@H](CCCN=C(N)N)C(=O)O)C[C@H]1CC[C@@H]1[C@@H]2[C@H](O)C[C@]2(C)[C@@H](C3=CC(=O)OC3)CC[C@]12O. The number of rotatable bonds is 15. The molecule has 0 aromatic heterocycles. The third kappa shape index (κ3) is 7.83. The Morgan fingerprint density at radius 1 is 1.06 bits per heavy atom. The van der Waals surface area contributed by atoms with Gasteiger partial charge < -0.3 is 41.6 Å². The first-order valence-electron chi connectivity index (χ1n) is 18.7. The molecule has 1 amide bonds. The van der Waals surface area contributed by atoms with Gasteiger partial charge in [0.25, 0.3) is 0 Å². The quantitative estimate of drug-likeness (QED) is 0.0629. The first-order chi connectivity index (χ1) is 23.7. The van der Waals surface area contributed by atoms with Gasteiger partial charge in [0.1, 0.15) is 18.8 Å². The molecule has 4 fully saturated rings. The van der Waals surface area contributed by atoms with Crippen molar-refractivity contribution in [3.8, 4) is 0 Å². The number of aliphatic hydroxyl groups is 2. The summed E-state index contributed by atoms with van der Waals surface area (Å²) in [6, 6.07) is -0.988. The van der Waals surface area contributed by atoms with Crippen molar-refractivity contribution in [3.05, 3.63) is 11.6 Å². The minimum absolute atomic E-state index is 0.0191. The fourth-order valence-corrected chi connectivity index (χ4v) is 10.8. The van der Waals surface area contributed by atoms with E-state index < -0.39 is 29.1 Å². The van der Waals surface area contributed by atoms with Crippen LogP contribution in [0.3, 0.4) is 0 Å². The molecule has 50 heavy (non-hydrogen) atoms. The van der Waals surface area contributed by atoms with Crippen LogP contribution in [0, 0.1) is 34.5 Å². The predicted octanol–water partition coefficient (Wildman–Crippen LogP) is 3.09. The van der Waals surface area contributed by atoms with Gasteiger partial charge in [0.2, 0.25) is 5.91 Å². The Morgan fingerprint density at radius 2 is 1.80 bits per heavy atom. The number of cyclic esters (lactones) is 1. The number of ether oxygens (including phenoxy) is 2. The van der Waals surface area contributed by atoms with Crippen LogP contribution in [0.1, 0.15) is 117 Å². The molecule has 4 aliphatic carbocycles. The van der Waals surface area contributed by atoms with E-state index in [-0.39, 0.29) is 72.5 Å². The van der Waals surface area contributed by atoms with Crippen LogP contribution in [0.25, 0.3) is 0 Å². The van der Waals surface area contributed by atoms with Crippen molar-refractivity contribution in [2.75, 3.05) is 13.2 Å². The first-order valence-corrected chi connectivity index (χ1v) is 18.7. The molecule has 0 spiro atoms. The number of unbranched alkanes of at least 4 members (excludes halogenated alkanes) is 3. The van der Waals surface area contributed by atoms with Gasteiger partial charge in [0, 0.05) is 30.9 Å². The zero-order valence-corrected chi connectivity index (χ0v) is 29.7. The standard InChI is InChI=1S/C37H58N4O9/c1-35-15-13-24(50-30(44)10-6-4-3-5-9-29(43)41-27(33(46)47)8-7-17-40-34(38)39)19-23(35)11-12-26-32(35)28(42)20-36(2)25(14-16-37(26,36)48)22-18-31(45)49-21-22/h18,23-28,32,42,48H,3-17,19-21H2,1-2H3,(H,41,43)(H,46,47)(H4,38,39,40)/t23-,24+,25-,26-,27+,28-,32-,35+,36-,37+/m1/s1. The molecule has 280 valence electrons. The van der Waals surface area contributed by atoms with Crippen molar-refractivity contribution in [2.24, 2.45) is 51.0 Å². The molecule has 0 radical (unpaired) electrons. The Hall–Kier alpha value is -3.19. The number of carboxylic acid groups (broad SMARTS) is 1. The number of aliphatic imine (C=N–C) groups is 1. The number of carbonyl (C=O) groups is 4. The van der Waals surface area contributed by atoms with Crippen LogP contribution < -0.4 is 16.8 Å². The maximum atomic E-state index is 12.8. The molecule has 1 aliphatic heterocycles. The van der Waals surface area contributed by atoms with E-state index in [2.05, 4.69) is 24.2 Å². The number of aliphatic hydroxyl groups excluding tert-OH is 1. The molecule has 13 nitrogen and oxygen atoms in total. The lowest BCUT2D eigenvalue weighted by molar-refractivity contribution is -0.243. The molecule has 0 aromatic carbocycles.